The highest BCUT2D eigenvalue weighted by Gasteiger charge is 2.31. The van der Waals surface area contributed by atoms with Crippen molar-refractivity contribution in [2.24, 2.45) is 0 Å². The molecule has 8 nitrogen and oxygen atoms in total. The summed E-state index contributed by atoms with van der Waals surface area (Å²) in [5.74, 6) is 5.22. The third kappa shape index (κ3) is 6.11. The van der Waals surface area contributed by atoms with Crippen LogP contribution in [0, 0.1) is 22.0 Å². The molecule has 0 bridgehead atoms. The maximum absolute atomic E-state index is 12.1. The number of hydrogen-bond acceptors (Lipinski definition) is 6. The molecular formula is C18H16F3N3O5. The number of hydrogen-bond donors (Lipinski definition) is 0. The van der Waals surface area contributed by atoms with Crippen LogP contribution in [0.25, 0.3) is 0 Å². The molecule has 2 heterocycles. The Morgan fingerprint density at radius 1 is 1.34 bits per heavy atom. The Hall–Kier alpha value is -3.26. The predicted octanol–water partition coefficient (Wildman–Crippen LogP) is 3.30. The molecule has 154 valence electrons. The molecule has 0 amide bonds. The molecule has 1 aromatic carbocycles. The normalized spacial score (nSPS) is 15.6. The van der Waals surface area contributed by atoms with Gasteiger partial charge in [0, 0.05) is 23.6 Å². The third-order valence-electron chi connectivity index (χ3n) is 3.83. The van der Waals surface area contributed by atoms with E-state index in [1.807, 2.05) is 0 Å². The molecule has 0 radical (unpaired) electrons. The van der Waals surface area contributed by atoms with Gasteiger partial charge in [-0.2, -0.15) is 0 Å². The van der Waals surface area contributed by atoms with Gasteiger partial charge in [-0.3, -0.25) is 4.57 Å². The van der Waals surface area contributed by atoms with E-state index in [1.165, 1.54) is 35.0 Å². The first-order chi connectivity index (χ1) is 13.8. The number of fused-ring (bicyclic) bond motifs is 1. The lowest BCUT2D eigenvalue weighted by Gasteiger charge is -2.22. The number of unbranched alkanes of at least 4 members (excludes halogenated alkanes) is 1. The van der Waals surface area contributed by atoms with Crippen molar-refractivity contribution >= 4 is 5.82 Å². The lowest BCUT2D eigenvalue weighted by Crippen LogP contribution is -2.32. The van der Waals surface area contributed by atoms with Crippen LogP contribution in [-0.4, -0.2) is 40.2 Å². The van der Waals surface area contributed by atoms with Crippen molar-refractivity contribution < 1.29 is 32.3 Å². The van der Waals surface area contributed by atoms with Crippen LogP contribution in [0.2, 0.25) is 0 Å². The molecule has 2 aromatic rings. The van der Waals surface area contributed by atoms with Crippen LogP contribution in [0.15, 0.2) is 30.5 Å². The summed E-state index contributed by atoms with van der Waals surface area (Å²) in [7, 11) is 0. The third-order valence-corrected chi connectivity index (χ3v) is 3.83. The second kappa shape index (κ2) is 8.83. The van der Waals surface area contributed by atoms with E-state index in [-0.39, 0.29) is 30.3 Å². The van der Waals surface area contributed by atoms with Gasteiger partial charge in [0.2, 0.25) is 0 Å². The second-order valence-electron chi connectivity index (χ2n) is 6.07. The fraction of sp³-hybridized carbons (Fsp3) is 0.389. The molecule has 0 unspecified atom stereocenters. The minimum absolute atomic E-state index is 0.203. The van der Waals surface area contributed by atoms with Gasteiger partial charge in [-0.1, -0.05) is 11.8 Å². The Balaban J connectivity index is 1.38. The fourth-order valence-corrected chi connectivity index (χ4v) is 2.58. The lowest BCUT2D eigenvalue weighted by atomic mass is 10.2. The number of aromatic nitrogens is 2. The molecule has 0 fully saturated rings. The van der Waals surface area contributed by atoms with Gasteiger partial charge in [-0.15, -0.1) is 13.2 Å². The van der Waals surface area contributed by atoms with Crippen LogP contribution in [0.4, 0.5) is 19.0 Å². The van der Waals surface area contributed by atoms with Crippen LogP contribution in [0.1, 0.15) is 18.4 Å². The quantitative estimate of drug-likeness (QED) is 0.314. The average molecular weight is 411 g/mol. The fourth-order valence-electron chi connectivity index (χ4n) is 2.58. The maximum atomic E-state index is 12.1. The highest BCUT2D eigenvalue weighted by molar-refractivity contribution is 5.38. The van der Waals surface area contributed by atoms with Crippen LogP contribution in [-0.2, 0) is 11.3 Å². The number of rotatable bonds is 6. The minimum atomic E-state index is -4.72. The molecule has 11 heteroatoms. The van der Waals surface area contributed by atoms with E-state index in [9.17, 15) is 23.3 Å². The Morgan fingerprint density at radius 3 is 2.79 bits per heavy atom. The highest BCUT2D eigenvalue weighted by Crippen LogP contribution is 2.23. The van der Waals surface area contributed by atoms with Crippen molar-refractivity contribution in [1.29, 1.82) is 0 Å². The summed E-state index contributed by atoms with van der Waals surface area (Å²) >= 11 is 0. The summed E-state index contributed by atoms with van der Waals surface area (Å²) in [4.78, 5) is 13.9. The van der Waals surface area contributed by atoms with Crippen molar-refractivity contribution in [2.75, 3.05) is 13.2 Å². The predicted molar refractivity (Wildman–Crippen MR) is 93.4 cm³/mol. The molecule has 0 saturated carbocycles. The van der Waals surface area contributed by atoms with Gasteiger partial charge in [0.15, 0.2) is 0 Å². The highest BCUT2D eigenvalue weighted by atomic mass is 19.4. The summed E-state index contributed by atoms with van der Waals surface area (Å²) < 4.78 is 52.7. The number of ether oxygens (including phenoxy) is 3. The van der Waals surface area contributed by atoms with E-state index in [2.05, 4.69) is 21.6 Å². The van der Waals surface area contributed by atoms with E-state index in [0.29, 0.717) is 31.6 Å². The number of imidazole rings is 1. The molecule has 1 aliphatic rings. The number of benzene rings is 1. The minimum Gasteiger partial charge on any atom is -0.443 e. The SMILES string of the molecule is O=[N+]([O-])c1cn2c(n1)OC[C@@H](OCCCC#Cc1ccc(OC(F)(F)F)cc1)C2. The van der Waals surface area contributed by atoms with Crippen LogP contribution in [0.3, 0.4) is 0 Å². The van der Waals surface area contributed by atoms with Gasteiger partial charge in [0.05, 0.1) is 6.54 Å². The van der Waals surface area contributed by atoms with Crippen molar-refractivity contribution in [1.82, 2.24) is 9.55 Å². The Bertz CT molecular complexity index is 916. The van der Waals surface area contributed by atoms with Crippen molar-refractivity contribution in [3.8, 4) is 23.6 Å². The zero-order valence-corrected chi connectivity index (χ0v) is 15.0. The Morgan fingerprint density at radius 2 is 2.10 bits per heavy atom. The number of nitrogens with zero attached hydrogens (tertiary/aromatic N) is 3. The van der Waals surface area contributed by atoms with Gasteiger partial charge in [-0.25, -0.2) is 0 Å². The van der Waals surface area contributed by atoms with E-state index in [0.717, 1.165) is 0 Å². The molecule has 0 spiro atoms. The molecule has 0 N–H and O–H groups in total. The summed E-state index contributed by atoms with van der Waals surface area (Å²) in [6.07, 6.45) is -2.47. The van der Waals surface area contributed by atoms with Gasteiger partial charge < -0.3 is 24.3 Å². The number of alkyl halides is 3. The molecule has 1 aromatic heterocycles. The standard InChI is InChI=1S/C18H16F3N3O5/c19-18(20,21)29-14-7-5-13(6-8-14)4-2-1-3-9-27-15-10-23-11-16(24(25)26)22-17(23)28-12-15/h5-8,11,15H,1,3,9-10,12H2/t15-/m0/s1. The van der Waals surface area contributed by atoms with Gasteiger partial charge in [-0.05, 0) is 35.6 Å². The van der Waals surface area contributed by atoms with Gasteiger partial charge >= 0.3 is 18.2 Å². The molecule has 0 aliphatic carbocycles. The second-order valence-corrected chi connectivity index (χ2v) is 6.07. The molecule has 3 rings (SSSR count). The van der Waals surface area contributed by atoms with Crippen LogP contribution in [0.5, 0.6) is 11.8 Å². The van der Waals surface area contributed by atoms with Crippen molar-refractivity contribution in [2.45, 2.75) is 31.9 Å². The Kier molecular flexibility index (Phi) is 6.23. The first-order valence-corrected chi connectivity index (χ1v) is 8.61. The lowest BCUT2D eigenvalue weighted by molar-refractivity contribution is -0.389. The van der Waals surface area contributed by atoms with Gasteiger partial charge in [0.25, 0.3) is 0 Å². The topological polar surface area (TPSA) is 88.7 Å². The van der Waals surface area contributed by atoms with E-state index < -0.39 is 11.3 Å². The smallest absolute Gasteiger partial charge is 0.443 e. The van der Waals surface area contributed by atoms with Gasteiger partial charge in [0.1, 0.15) is 24.7 Å². The molecule has 0 saturated heterocycles. The monoisotopic (exact) mass is 411 g/mol. The summed E-state index contributed by atoms with van der Waals surface area (Å²) in [6.45, 7) is 1.09. The maximum Gasteiger partial charge on any atom is 0.573 e. The largest absolute Gasteiger partial charge is 0.573 e. The average Bonchev–Trinajstić information content (AvgIpc) is 3.08. The summed E-state index contributed by atoms with van der Waals surface area (Å²) in [6, 6.07) is 5.52. The van der Waals surface area contributed by atoms with Crippen LogP contribution < -0.4 is 9.47 Å². The molecule has 1 aliphatic heterocycles. The molecular weight excluding hydrogens is 395 g/mol. The molecule has 1 atom stereocenters. The summed E-state index contributed by atoms with van der Waals surface area (Å²) in [5.41, 5.74) is 0.579. The van der Waals surface area contributed by atoms with Crippen LogP contribution >= 0.6 is 0 Å². The van der Waals surface area contributed by atoms with Crippen molar-refractivity contribution in [3.63, 3.8) is 0 Å². The zero-order valence-electron chi connectivity index (χ0n) is 15.0. The zero-order chi connectivity index (χ0) is 20.9. The first kappa shape index (κ1) is 20.5. The van der Waals surface area contributed by atoms with E-state index in [1.54, 1.807) is 0 Å². The summed E-state index contributed by atoms with van der Waals surface area (Å²) in [5, 5.41) is 10.7. The molecule has 29 heavy (non-hydrogen) atoms. The van der Waals surface area contributed by atoms with Crippen molar-refractivity contribution in [3.05, 3.63) is 46.1 Å². The van der Waals surface area contributed by atoms with E-state index >= 15 is 0 Å². The Labute approximate surface area is 163 Å². The first-order valence-electron chi connectivity index (χ1n) is 8.61. The number of halogens is 3. The van der Waals surface area contributed by atoms with E-state index in [4.69, 9.17) is 9.47 Å². The number of nitro groups is 1.